The summed E-state index contributed by atoms with van der Waals surface area (Å²) in [6.07, 6.45) is 3.07. The van der Waals surface area contributed by atoms with E-state index < -0.39 is 5.97 Å². The average Bonchev–Trinajstić information content (AvgIpc) is 2.56. The molecular weight excluding hydrogens is 284 g/mol. The minimum atomic E-state index is -0.402. The maximum atomic E-state index is 11.3. The number of carbonyl (C=O) groups is 1. The summed E-state index contributed by atoms with van der Waals surface area (Å²) in [6.45, 7) is 1.11. The van der Waals surface area contributed by atoms with Crippen LogP contribution >= 0.6 is 0 Å². The average molecular weight is 302 g/mol. The van der Waals surface area contributed by atoms with Crippen molar-refractivity contribution in [3.8, 4) is 5.75 Å². The number of pyridine rings is 2. The van der Waals surface area contributed by atoms with Gasteiger partial charge in [-0.1, -0.05) is 0 Å². The van der Waals surface area contributed by atoms with E-state index in [-0.39, 0.29) is 0 Å². The van der Waals surface area contributed by atoms with Gasteiger partial charge < -0.3 is 20.1 Å². The van der Waals surface area contributed by atoms with E-state index in [4.69, 9.17) is 10.5 Å². The second-order valence-corrected chi connectivity index (χ2v) is 4.59. The molecule has 116 valence electrons. The number of hydrogen-bond donors (Lipinski definition) is 1. The van der Waals surface area contributed by atoms with Crippen molar-refractivity contribution < 1.29 is 14.3 Å². The maximum absolute atomic E-state index is 11.3. The van der Waals surface area contributed by atoms with Gasteiger partial charge in [-0.3, -0.25) is 0 Å². The van der Waals surface area contributed by atoms with Crippen molar-refractivity contribution in [2.45, 2.75) is 0 Å². The van der Waals surface area contributed by atoms with Gasteiger partial charge in [0.05, 0.1) is 25.4 Å². The Morgan fingerprint density at radius 1 is 1.23 bits per heavy atom. The van der Waals surface area contributed by atoms with Crippen LogP contribution < -0.4 is 15.4 Å². The van der Waals surface area contributed by atoms with Gasteiger partial charge in [0.25, 0.3) is 0 Å². The smallest absolute Gasteiger partial charge is 0.339 e. The highest BCUT2D eigenvalue weighted by Gasteiger charge is 2.07. The minimum absolute atomic E-state index is 0.402. The maximum Gasteiger partial charge on any atom is 0.339 e. The van der Waals surface area contributed by atoms with Gasteiger partial charge in [0.1, 0.15) is 24.0 Å². The van der Waals surface area contributed by atoms with E-state index in [0.29, 0.717) is 30.3 Å². The van der Waals surface area contributed by atoms with Crippen molar-refractivity contribution in [3.05, 3.63) is 42.2 Å². The van der Waals surface area contributed by atoms with Crippen molar-refractivity contribution in [2.24, 2.45) is 0 Å². The first-order chi connectivity index (χ1) is 10.6. The Morgan fingerprint density at radius 3 is 2.64 bits per heavy atom. The number of anilines is 2. The van der Waals surface area contributed by atoms with Gasteiger partial charge in [0, 0.05) is 13.2 Å². The van der Waals surface area contributed by atoms with E-state index in [1.54, 1.807) is 30.5 Å². The number of nitrogen functional groups attached to an aromatic ring is 1. The van der Waals surface area contributed by atoms with Crippen LogP contribution in [0.1, 0.15) is 10.4 Å². The first-order valence-corrected chi connectivity index (χ1v) is 6.70. The molecule has 0 aliphatic rings. The van der Waals surface area contributed by atoms with Gasteiger partial charge in [0.2, 0.25) is 0 Å². The number of nitrogens with two attached hydrogens (primary N) is 1. The summed E-state index contributed by atoms with van der Waals surface area (Å²) in [7, 11) is 3.23. The lowest BCUT2D eigenvalue weighted by atomic mass is 10.3. The Morgan fingerprint density at radius 2 is 2.05 bits per heavy atom. The molecule has 0 unspecified atom stereocenters. The van der Waals surface area contributed by atoms with Crippen molar-refractivity contribution in [2.75, 3.05) is 37.9 Å². The fraction of sp³-hybridized carbons (Fsp3) is 0.267. The Kier molecular flexibility index (Phi) is 5.13. The molecule has 7 nitrogen and oxygen atoms in total. The highest BCUT2D eigenvalue weighted by atomic mass is 16.5. The van der Waals surface area contributed by atoms with E-state index in [9.17, 15) is 4.79 Å². The number of esters is 1. The van der Waals surface area contributed by atoms with E-state index in [2.05, 4.69) is 14.7 Å². The van der Waals surface area contributed by atoms with Crippen molar-refractivity contribution in [1.29, 1.82) is 0 Å². The number of carbonyl (C=O) groups excluding carboxylic acids is 1. The molecule has 22 heavy (non-hydrogen) atoms. The molecule has 0 spiro atoms. The molecule has 0 radical (unpaired) electrons. The van der Waals surface area contributed by atoms with Crippen LogP contribution in [0, 0.1) is 0 Å². The number of nitrogens with zero attached hydrogens (tertiary/aromatic N) is 3. The van der Waals surface area contributed by atoms with E-state index in [1.165, 1.54) is 13.3 Å². The predicted molar refractivity (Wildman–Crippen MR) is 83.0 cm³/mol. The van der Waals surface area contributed by atoms with Gasteiger partial charge in [-0.2, -0.15) is 0 Å². The van der Waals surface area contributed by atoms with Crippen molar-refractivity contribution in [1.82, 2.24) is 9.97 Å². The molecule has 0 fully saturated rings. The van der Waals surface area contributed by atoms with Gasteiger partial charge in [-0.15, -0.1) is 0 Å². The summed E-state index contributed by atoms with van der Waals surface area (Å²) in [5, 5.41) is 0. The number of likely N-dealkylation sites (N-methyl/N-ethyl adjacent to an activating group) is 1. The summed E-state index contributed by atoms with van der Waals surface area (Å²) in [4.78, 5) is 21.4. The third kappa shape index (κ3) is 4.08. The summed E-state index contributed by atoms with van der Waals surface area (Å²) in [6, 6.07) is 6.89. The van der Waals surface area contributed by atoms with Crippen molar-refractivity contribution >= 4 is 17.6 Å². The van der Waals surface area contributed by atoms with Gasteiger partial charge in [-0.05, 0) is 24.3 Å². The molecule has 7 heteroatoms. The molecular formula is C15H18N4O3. The summed E-state index contributed by atoms with van der Waals surface area (Å²) < 4.78 is 10.2. The number of hydrogen-bond acceptors (Lipinski definition) is 7. The van der Waals surface area contributed by atoms with Gasteiger partial charge >= 0.3 is 5.97 Å². The Labute approximate surface area is 128 Å². The number of ether oxygens (including phenoxy) is 2. The standard InChI is InChI=1S/C15H18N4O3/c1-19(7-8-22-12-4-5-13(16)17-10-12)14-6-3-11(9-18-14)15(20)21-2/h3-6,9-10H,7-8H2,1-2H3,(H2,16,17). The molecule has 0 aliphatic carbocycles. The lowest BCUT2D eigenvalue weighted by Gasteiger charge is -2.18. The largest absolute Gasteiger partial charge is 0.490 e. The number of rotatable bonds is 6. The monoisotopic (exact) mass is 302 g/mol. The molecule has 0 saturated heterocycles. The Bertz CT molecular complexity index is 614. The fourth-order valence-corrected chi connectivity index (χ4v) is 1.74. The molecule has 0 saturated carbocycles. The lowest BCUT2D eigenvalue weighted by molar-refractivity contribution is 0.0600. The molecule has 0 aliphatic heterocycles. The first kappa shape index (κ1) is 15.6. The van der Waals surface area contributed by atoms with Crippen LogP contribution in [-0.4, -0.2) is 43.2 Å². The normalized spacial score (nSPS) is 10.1. The molecule has 2 N–H and O–H groups in total. The highest BCUT2D eigenvalue weighted by molar-refractivity contribution is 5.89. The molecule has 2 heterocycles. The van der Waals surface area contributed by atoms with E-state index in [0.717, 1.165) is 5.82 Å². The van der Waals surface area contributed by atoms with Crippen LogP contribution in [0.4, 0.5) is 11.6 Å². The van der Waals surface area contributed by atoms with Crippen LogP contribution in [-0.2, 0) is 4.74 Å². The molecule has 2 rings (SSSR count). The van der Waals surface area contributed by atoms with Crippen LogP contribution in [0.15, 0.2) is 36.7 Å². The third-order valence-corrected chi connectivity index (χ3v) is 3.01. The summed E-state index contributed by atoms with van der Waals surface area (Å²) >= 11 is 0. The minimum Gasteiger partial charge on any atom is -0.490 e. The van der Waals surface area contributed by atoms with E-state index >= 15 is 0 Å². The van der Waals surface area contributed by atoms with E-state index in [1.807, 2.05) is 11.9 Å². The Hall–Kier alpha value is -2.83. The third-order valence-electron chi connectivity index (χ3n) is 3.01. The quantitative estimate of drug-likeness (QED) is 0.806. The van der Waals surface area contributed by atoms with Crippen LogP contribution in [0.3, 0.4) is 0 Å². The molecule has 2 aromatic heterocycles. The topological polar surface area (TPSA) is 90.6 Å². The molecule has 0 amide bonds. The summed E-state index contributed by atoms with van der Waals surface area (Å²) in [5.74, 6) is 1.46. The molecule has 0 atom stereocenters. The second-order valence-electron chi connectivity index (χ2n) is 4.59. The number of aromatic nitrogens is 2. The van der Waals surface area contributed by atoms with Gasteiger partial charge in [-0.25, -0.2) is 14.8 Å². The summed E-state index contributed by atoms with van der Waals surface area (Å²) in [5.41, 5.74) is 5.93. The Balaban J connectivity index is 1.85. The van der Waals surface area contributed by atoms with Crippen LogP contribution in [0.2, 0.25) is 0 Å². The number of methoxy groups -OCH3 is 1. The lowest BCUT2D eigenvalue weighted by Crippen LogP contribution is -2.24. The van der Waals surface area contributed by atoms with Crippen LogP contribution in [0.25, 0.3) is 0 Å². The van der Waals surface area contributed by atoms with Crippen LogP contribution in [0.5, 0.6) is 5.75 Å². The zero-order valence-corrected chi connectivity index (χ0v) is 12.5. The first-order valence-electron chi connectivity index (χ1n) is 6.70. The molecule has 2 aromatic rings. The fourth-order valence-electron chi connectivity index (χ4n) is 1.74. The second kappa shape index (κ2) is 7.26. The molecule has 0 bridgehead atoms. The zero-order chi connectivity index (χ0) is 15.9. The van der Waals surface area contributed by atoms with Crippen molar-refractivity contribution in [3.63, 3.8) is 0 Å². The zero-order valence-electron chi connectivity index (χ0n) is 12.5. The predicted octanol–water partition coefficient (Wildman–Crippen LogP) is 1.36. The molecule has 0 aromatic carbocycles. The SMILES string of the molecule is COC(=O)c1ccc(N(C)CCOc2ccc(N)nc2)nc1. The highest BCUT2D eigenvalue weighted by Crippen LogP contribution is 2.12. The van der Waals surface area contributed by atoms with Gasteiger partial charge in [0.15, 0.2) is 0 Å².